The zero-order chi connectivity index (χ0) is 20.5. The molecule has 1 aliphatic carbocycles. The summed E-state index contributed by atoms with van der Waals surface area (Å²) in [7, 11) is -5.77. The fraction of sp³-hybridized carbons (Fsp3) is 0.588. The fourth-order valence-corrected chi connectivity index (χ4v) is 3.29. The van der Waals surface area contributed by atoms with Crippen molar-refractivity contribution in [2.75, 3.05) is 0 Å². The molecule has 10 heteroatoms. The van der Waals surface area contributed by atoms with E-state index in [1.54, 1.807) is 26.8 Å². The summed E-state index contributed by atoms with van der Waals surface area (Å²) < 4.78 is 70.3. The number of halogens is 3. The van der Waals surface area contributed by atoms with Crippen LogP contribution in [-0.2, 0) is 27.7 Å². The van der Waals surface area contributed by atoms with E-state index in [2.05, 4.69) is 9.50 Å². The quantitative estimate of drug-likeness (QED) is 0.468. The number of rotatable bonds is 3. The van der Waals surface area contributed by atoms with Crippen LogP contribution in [0.1, 0.15) is 44.7 Å². The number of aryl methyl sites for hydroxylation is 1. The first-order valence-corrected chi connectivity index (χ1v) is 9.80. The van der Waals surface area contributed by atoms with Crippen molar-refractivity contribution >= 4 is 16.2 Å². The predicted octanol–water partition coefficient (Wildman–Crippen LogP) is 3.69. The second-order valence-corrected chi connectivity index (χ2v) is 8.85. The number of fused-ring (bicyclic) bond motifs is 1. The second-order valence-electron chi connectivity index (χ2n) is 7.32. The summed E-state index contributed by atoms with van der Waals surface area (Å²) in [5.41, 5.74) is -5.18. The lowest BCUT2D eigenvalue weighted by molar-refractivity contribution is -0.0500. The van der Waals surface area contributed by atoms with Crippen molar-refractivity contribution in [1.29, 1.82) is 0 Å². The molecule has 152 valence electrons. The topological polar surface area (TPSA) is 81.7 Å². The summed E-state index contributed by atoms with van der Waals surface area (Å²) >= 11 is 0. The van der Waals surface area contributed by atoms with E-state index in [9.17, 15) is 26.4 Å². The molecule has 1 N–H and O–H groups in total. The first-order valence-electron chi connectivity index (χ1n) is 8.39. The van der Waals surface area contributed by atoms with Gasteiger partial charge in [-0.2, -0.15) is 21.6 Å². The van der Waals surface area contributed by atoms with Gasteiger partial charge in [-0.15, -0.1) is 0 Å². The van der Waals surface area contributed by atoms with Gasteiger partial charge in [0.05, 0.1) is 0 Å². The maximum absolute atomic E-state index is 12.7. The number of amides is 1. The molecule has 1 atom stereocenters. The summed E-state index contributed by atoms with van der Waals surface area (Å²) in [4.78, 5) is 12.0. The Morgan fingerprint density at radius 3 is 2.48 bits per heavy atom. The Bertz CT molecular complexity index is 800. The highest BCUT2D eigenvalue weighted by molar-refractivity contribution is 7.88. The van der Waals surface area contributed by atoms with Crippen molar-refractivity contribution in [3.8, 4) is 5.75 Å². The highest BCUT2D eigenvalue weighted by atomic mass is 32.2. The minimum Gasteiger partial charge on any atom is -0.444 e. The smallest absolute Gasteiger partial charge is 0.444 e. The van der Waals surface area contributed by atoms with Crippen LogP contribution < -0.4 is 9.50 Å². The van der Waals surface area contributed by atoms with Crippen LogP contribution in [0.5, 0.6) is 5.75 Å². The molecule has 0 heterocycles. The molecular weight excluding hydrogens is 387 g/mol. The summed E-state index contributed by atoms with van der Waals surface area (Å²) in [5.74, 6) is -0.372. The van der Waals surface area contributed by atoms with Gasteiger partial charge in [-0.1, -0.05) is 12.1 Å². The molecule has 2 rings (SSSR count). The van der Waals surface area contributed by atoms with Crippen molar-refractivity contribution in [3.05, 3.63) is 29.3 Å². The lowest BCUT2D eigenvalue weighted by atomic mass is 10.0. The summed E-state index contributed by atoms with van der Waals surface area (Å²) in [6.45, 7) is 5.13. The average molecular weight is 409 g/mol. The second kappa shape index (κ2) is 7.57. The number of carbonyl (C=O) groups is 1. The van der Waals surface area contributed by atoms with Crippen LogP contribution in [0.2, 0.25) is 0 Å². The summed E-state index contributed by atoms with van der Waals surface area (Å²) in [5, 5.41) is 2.69. The standard InChI is InChI=1S/C17H22F3NO5S/c1-16(2,3)25-15(22)21-12-8-4-6-11-7-5-9-14(13(11)10-12)26-27(23,24)17(18,19)20/h5,7,9,12H,4,6,8,10H2,1-3H3,(H,21,22). The van der Waals surface area contributed by atoms with Crippen LogP contribution in [0.25, 0.3) is 0 Å². The Balaban J connectivity index is 2.24. The maximum Gasteiger partial charge on any atom is 0.534 e. The summed E-state index contributed by atoms with van der Waals surface area (Å²) in [6.07, 6.45) is 1.27. The van der Waals surface area contributed by atoms with Crippen molar-refractivity contribution in [2.24, 2.45) is 0 Å². The lowest BCUT2D eigenvalue weighted by Gasteiger charge is -2.23. The van der Waals surface area contributed by atoms with E-state index in [0.29, 0.717) is 30.4 Å². The monoisotopic (exact) mass is 409 g/mol. The SMILES string of the molecule is CC(C)(C)OC(=O)NC1CCCc2cccc(OS(=O)(=O)C(F)(F)F)c2C1. The van der Waals surface area contributed by atoms with E-state index in [1.807, 2.05) is 0 Å². The Morgan fingerprint density at radius 2 is 1.89 bits per heavy atom. The molecule has 0 saturated heterocycles. The van der Waals surface area contributed by atoms with Crippen molar-refractivity contribution in [1.82, 2.24) is 5.32 Å². The molecule has 0 aromatic heterocycles. The van der Waals surface area contributed by atoms with Crippen LogP contribution in [0.3, 0.4) is 0 Å². The molecule has 1 unspecified atom stereocenters. The van der Waals surface area contributed by atoms with Crippen molar-refractivity contribution < 1.29 is 35.3 Å². The van der Waals surface area contributed by atoms with Gasteiger partial charge in [0.25, 0.3) is 0 Å². The van der Waals surface area contributed by atoms with E-state index < -0.39 is 33.4 Å². The van der Waals surface area contributed by atoms with Gasteiger partial charge < -0.3 is 14.2 Å². The zero-order valence-corrected chi connectivity index (χ0v) is 16.0. The lowest BCUT2D eigenvalue weighted by Crippen LogP contribution is -2.40. The molecule has 6 nitrogen and oxygen atoms in total. The minimum atomic E-state index is -5.77. The third kappa shape index (κ3) is 5.75. The number of hydrogen-bond donors (Lipinski definition) is 1. The first kappa shape index (κ1) is 21.3. The Kier molecular flexibility index (Phi) is 5.98. The Morgan fingerprint density at radius 1 is 1.22 bits per heavy atom. The number of alkyl halides is 3. The van der Waals surface area contributed by atoms with Crippen LogP contribution >= 0.6 is 0 Å². The van der Waals surface area contributed by atoms with Gasteiger partial charge >= 0.3 is 21.7 Å². The fourth-order valence-electron chi connectivity index (χ4n) is 2.81. The van der Waals surface area contributed by atoms with E-state index in [4.69, 9.17) is 4.74 Å². The van der Waals surface area contributed by atoms with E-state index >= 15 is 0 Å². The highest BCUT2D eigenvalue weighted by Crippen LogP contribution is 2.33. The van der Waals surface area contributed by atoms with Gasteiger partial charge in [-0.05, 0) is 58.1 Å². The molecular formula is C17H22F3NO5S. The van der Waals surface area contributed by atoms with Gasteiger partial charge in [-0.25, -0.2) is 4.79 Å². The van der Waals surface area contributed by atoms with E-state index in [-0.39, 0.29) is 12.2 Å². The molecule has 0 spiro atoms. The molecule has 0 radical (unpaired) electrons. The van der Waals surface area contributed by atoms with Gasteiger partial charge in [0.2, 0.25) is 0 Å². The molecule has 0 aliphatic heterocycles. The van der Waals surface area contributed by atoms with Gasteiger partial charge in [0, 0.05) is 11.6 Å². The number of benzene rings is 1. The molecule has 1 amide bonds. The Labute approximate surface area is 156 Å². The summed E-state index contributed by atoms with van der Waals surface area (Å²) in [6, 6.07) is 3.91. The zero-order valence-electron chi connectivity index (χ0n) is 15.2. The molecule has 0 saturated carbocycles. The van der Waals surface area contributed by atoms with Crippen LogP contribution in [0.15, 0.2) is 18.2 Å². The van der Waals surface area contributed by atoms with Crippen LogP contribution in [-0.4, -0.2) is 31.7 Å². The molecule has 1 aromatic carbocycles. The predicted molar refractivity (Wildman–Crippen MR) is 91.8 cm³/mol. The van der Waals surface area contributed by atoms with Gasteiger partial charge in [-0.3, -0.25) is 0 Å². The number of ether oxygens (including phenoxy) is 1. The highest BCUT2D eigenvalue weighted by Gasteiger charge is 2.49. The molecule has 0 bridgehead atoms. The minimum absolute atomic E-state index is 0.137. The van der Waals surface area contributed by atoms with E-state index in [0.717, 1.165) is 0 Å². The van der Waals surface area contributed by atoms with Gasteiger partial charge in [0.1, 0.15) is 11.4 Å². The van der Waals surface area contributed by atoms with E-state index in [1.165, 1.54) is 12.1 Å². The maximum atomic E-state index is 12.7. The third-order valence-electron chi connectivity index (χ3n) is 3.88. The normalized spacial score (nSPS) is 18.2. The molecule has 0 fully saturated rings. The average Bonchev–Trinajstić information content (AvgIpc) is 2.66. The third-order valence-corrected chi connectivity index (χ3v) is 4.85. The number of carbonyl (C=O) groups excluding carboxylic acids is 1. The van der Waals surface area contributed by atoms with Crippen LogP contribution in [0.4, 0.5) is 18.0 Å². The van der Waals surface area contributed by atoms with Crippen LogP contribution in [0, 0.1) is 0 Å². The molecule has 27 heavy (non-hydrogen) atoms. The largest absolute Gasteiger partial charge is 0.534 e. The van der Waals surface area contributed by atoms with Crippen molar-refractivity contribution in [3.63, 3.8) is 0 Å². The van der Waals surface area contributed by atoms with Gasteiger partial charge in [0.15, 0.2) is 0 Å². The number of alkyl carbamates (subject to hydrolysis) is 1. The Hall–Kier alpha value is -1.97. The number of nitrogens with one attached hydrogen (secondary N) is 1. The number of hydrogen-bond acceptors (Lipinski definition) is 5. The molecule has 1 aliphatic rings. The molecule has 1 aromatic rings. The first-order chi connectivity index (χ1) is 12.3. The van der Waals surface area contributed by atoms with Crippen molar-refractivity contribution in [2.45, 2.75) is 63.6 Å².